The summed E-state index contributed by atoms with van der Waals surface area (Å²) in [5.41, 5.74) is 1.54. The third kappa shape index (κ3) is 2.55. The first-order valence-electron chi connectivity index (χ1n) is 7.15. The molecule has 2 saturated carbocycles. The summed E-state index contributed by atoms with van der Waals surface area (Å²) in [4.78, 5) is 0. The molecular weight excluding hydrogens is 206 g/mol. The van der Waals surface area contributed by atoms with Crippen LogP contribution >= 0.6 is 0 Å². The van der Waals surface area contributed by atoms with E-state index in [9.17, 15) is 0 Å². The standard InChI is InChI=1S/C16H23N/c1-12-11-16(12)17-15-10-6-5-9-14(15)13-7-3-2-4-8-13/h2-4,7-8,12,14-17H,5-6,9-11H2,1H3. The maximum absolute atomic E-state index is 3.89. The van der Waals surface area contributed by atoms with E-state index in [2.05, 4.69) is 42.6 Å². The fourth-order valence-electron chi connectivity index (χ4n) is 3.26. The summed E-state index contributed by atoms with van der Waals surface area (Å²) in [5.74, 6) is 1.66. The Kier molecular flexibility index (Phi) is 3.19. The third-order valence-corrected chi connectivity index (χ3v) is 4.53. The lowest BCUT2D eigenvalue weighted by Crippen LogP contribution is -2.39. The lowest BCUT2D eigenvalue weighted by Gasteiger charge is -2.33. The molecule has 4 unspecified atom stereocenters. The molecule has 1 nitrogen and oxygen atoms in total. The SMILES string of the molecule is CC1CC1NC1CCCCC1c1ccccc1. The summed E-state index contributed by atoms with van der Waals surface area (Å²) >= 11 is 0. The van der Waals surface area contributed by atoms with Crippen LogP contribution in [0.5, 0.6) is 0 Å². The zero-order valence-corrected chi connectivity index (χ0v) is 10.7. The first-order valence-corrected chi connectivity index (χ1v) is 7.15. The van der Waals surface area contributed by atoms with Crippen LogP contribution < -0.4 is 5.32 Å². The Labute approximate surface area is 105 Å². The first-order chi connectivity index (χ1) is 8.34. The van der Waals surface area contributed by atoms with E-state index < -0.39 is 0 Å². The van der Waals surface area contributed by atoms with Crippen molar-refractivity contribution >= 4 is 0 Å². The van der Waals surface area contributed by atoms with E-state index in [0.717, 1.165) is 23.9 Å². The smallest absolute Gasteiger partial charge is 0.0138 e. The molecule has 0 amide bonds. The second-order valence-corrected chi connectivity index (χ2v) is 5.89. The second-order valence-electron chi connectivity index (χ2n) is 5.89. The van der Waals surface area contributed by atoms with Crippen LogP contribution in [-0.4, -0.2) is 12.1 Å². The Morgan fingerprint density at radius 1 is 1.00 bits per heavy atom. The first kappa shape index (κ1) is 11.3. The minimum Gasteiger partial charge on any atom is -0.310 e. The van der Waals surface area contributed by atoms with Crippen molar-refractivity contribution in [2.45, 2.75) is 57.0 Å². The van der Waals surface area contributed by atoms with Gasteiger partial charge in [-0.2, -0.15) is 0 Å². The van der Waals surface area contributed by atoms with Gasteiger partial charge in [-0.25, -0.2) is 0 Å². The number of benzene rings is 1. The van der Waals surface area contributed by atoms with Gasteiger partial charge in [-0.3, -0.25) is 0 Å². The molecule has 1 heteroatoms. The summed E-state index contributed by atoms with van der Waals surface area (Å²) < 4.78 is 0. The monoisotopic (exact) mass is 229 g/mol. The van der Waals surface area contributed by atoms with Crippen LogP contribution in [0, 0.1) is 5.92 Å². The summed E-state index contributed by atoms with van der Waals surface area (Å²) in [6, 6.07) is 12.6. The van der Waals surface area contributed by atoms with Crippen molar-refractivity contribution in [2.24, 2.45) is 5.92 Å². The molecule has 4 atom stereocenters. The molecule has 0 bridgehead atoms. The molecule has 0 spiro atoms. The van der Waals surface area contributed by atoms with E-state index in [-0.39, 0.29) is 0 Å². The quantitative estimate of drug-likeness (QED) is 0.833. The van der Waals surface area contributed by atoms with Gasteiger partial charge >= 0.3 is 0 Å². The minimum atomic E-state index is 0.723. The molecule has 0 heterocycles. The van der Waals surface area contributed by atoms with Gasteiger partial charge in [0.05, 0.1) is 0 Å². The molecule has 2 fully saturated rings. The van der Waals surface area contributed by atoms with Gasteiger partial charge in [-0.05, 0) is 36.7 Å². The number of nitrogens with one attached hydrogen (secondary N) is 1. The molecule has 1 aromatic rings. The van der Waals surface area contributed by atoms with Crippen LogP contribution in [0.2, 0.25) is 0 Å². The predicted molar refractivity (Wildman–Crippen MR) is 72.1 cm³/mol. The van der Waals surface area contributed by atoms with Gasteiger partial charge in [0.15, 0.2) is 0 Å². The highest BCUT2D eigenvalue weighted by Crippen LogP contribution is 2.37. The van der Waals surface area contributed by atoms with Crippen molar-refractivity contribution in [3.05, 3.63) is 35.9 Å². The Morgan fingerprint density at radius 3 is 2.41 bits per heavy atom. The van der Waals surface area contributed by atoms with E-state index in [1.54, 1.807) is 0 Å². The molecule has 17 heavy (non-hydrogen) atoms. The van der Waals surface area contributed by atoms with Crippen LogP contribution in [0.3, 0.4) is 0 Å². The summed E-state index contributed by atoms with van der Waals surface area (Å²) in [5, 5.41) is 3.89. The van der Waals surface area contributed by atoms with Gasteiger partial charge < -0.3 is 5.32 Å². The van der Waals surface area contributed by atoms with E-state index in [0.29, 0.717) is 0 Å². The van der Waals surface area contributed by atoms with Crippen molar-refractivity contribution in [2.75, 3.05) is 0 Å². The number of hydrogen-bond acceptors (Lipinski definition) is 1. The molecule has 0 aromatic heterocycles. The Hall–Kier alpha value is -0.820. The molecule has 92 valence electrons. The molecule has 1 aromatic carbocycles. The fraction of sp³-hybridized carbons (Fsp3) is 0.625. The molecular formula is C16H23N. The topological polar surface area (TPSA) is 12.0 Å². The van der Waals surface area contributed by atoms with E-state index in [1.165, 1.54) is 37.7 Å². The molecule has 3 rings (SSSR count). The van der Waals surface area contributed by atoms with Gasteiger partial charge in [-0.1, -0.05) is 50.1 Å². The highest BCUT2D eigenvalue weighted by molar-refractivity contribution is 5.22. The molecule has 2 aliphatic rings. The van der Waals surface area contributed by atoms with Crippen molar-refractivity contribution in [1.82, 2.24) is 5.32 Å². The van der Waals surface area contributed by atoms with Crippen LogP contribution in [-0.2, 0) is 0 Å². The lowest BCUT2D eigenvalue weighted by atomic mass is 9.80. The van der Waals surface area contributed by atoms with Crippen molar-refractivity contribution < 1.29 is 0 Å². The Morgan fingerprint density at radius 2 is 1.71 bits per heavy atom. The minimum absolute atomic E-state index is 0.723. The highest BCUT2D eigenvalue weighted by Gasteiger charge is 2.37. The van der Waals surface area contributed by atoms with Crippen LogP contribution in [0.25, 0.3) is 0 Å². The van der Waals surface area contributed by atoms with Crippen LogP contribution in [0.4, 0.5) is 0 Å². The highest BCUT2D eigenvalue weighted by atomic mass is 15.0. The zero-order chi connectivity index (χ0) is 11.7. The van der Waals surface area contributed by atoms with Crippen molar-refractivity contribution in [3.63, 3.8) is 0 Å². The second kappa shape index (κ2) is 4.81. The molecule has 1 N–H and O–H groups in total. The summed E-state index contributed by atoms with van der Waals surface area (Å²) in [6.45, 7) is 2.36. The summed E-state index contributed by atoms with van der Waals surface area (Å²) in [7, 11) is 0. The van der Waals surface area contributed by atoms with E-state index in [1.807, 2.05) is 0 Å². The summed E-state index contributed by atoms with van der Waals surface area (Å²) in [6.07, 6.45) is 6.92. The fourth-order valence-corrected chi connectivity index (χ4v) is 3.26. The molecule has 0 aliphatic heterocycles. The van der Waals surface area contributed by atoms with Gasteiger partial charge in [0.25, 0.3) is 0 Å². The van der Waals surface area contributed by atoms with E-state index >= 15 is 0 Å². The van der Waals surface area contributed by atoms with Crippen LogP contribution in [0.1, 0.15) is 50.5 Å². The van der Waals surface area contributed by atoms with Crippen molar-refractivity contribution in [1.29, 1.82) is 0 Å². The normalized spacial score (nSPS) is 36.8. The average Bonchev–Trinajstić information content (AvgIpc) is 3.07. The number of hydrogen-bond donors (Lipinski definition) is 1. The third-order valence-electron chi connectivity index (χ3n) is 4.53. The Bertz CT molecular complexity index is 359. The van der Waals surface area contributed by atoms with Gasteiger partial charge in [0, 0.05) is 12.1 Å². The maximum atomic E-state index is 3.89. The van der Waals surface area contributed by atoms with Crippen LogP contribution in [0.15, 0.2) is 30.3 Å². The molecule has 0 saturated heterocycles. The van der Waals surface area contributed by atoms with Gasteiger partial charge in [0.2, 0.25) is 0 Å². The van der Waals surface area contributed by atoms with Gasteiger partial charge in [0.1, 0.15) is 0 Å². The Balaban J connectivity index is 1.71. The maximum Gasteiger partial charge on any atom is 0.0138 e. The molecule has 2 aliphatic carbocycles. The predicted octanol–water partition coefficient (Wildman–Crippen LogP) is 3.71. The lowest BCUT2D eigenvalue weighted by molar-refractivity contribution is 0.322. The number of rotatable bonds is 3. The average molecular weight is 229 g/mol. The largest absolute Gasteiger partial charge is 0.310 e. The van der Waals surface area contributed by atoms with Gasteiger partial charge in [-0.15, -0.1) is 0 Å². The zero-order valence-electron chi connectivity index (χ0n) is 10.7. The van der Waals surface area contributed by atoms with E-state index in [4.69, 9.17) is 0 Å². The molecule has 0 radical (unpaired) electrons. The van der Waals surface area contributed by atoms with Crippen molar-refractivity contribution in [3.8, 4) is 0 Å².